The zero-order valence-electron chi connectivity index (χ0n) is 14.4. The first kappa shape index (κ1) is 16.4. The lowest BCUT2D eigenvalue weighted by Gasteiger charge is -2.37. The van der Waals surface area contributed by atoms with Crippen LogP contribution in [0.5, 0.6) is 5.75 Å². The number of anilines is 1. The van der Waals surface area contributed by atoms with Crippen LogP contribution >= 0.6 is 0 Å². The van der Waals surface area contributed by atoms with Crippen LogP contribution in [0.2, 0.25) is 0 Å². The first-order valence-electron chi connectivity index (χ1n) is 8.41. The molecule has 24 heavy (non-hydrogen) atoms. The van der Waals surface area contributed by atoms with Gasteiger partial charge < -0.3 is 14.5 Å². The molecule has 1 aliphatic heterocycles. The fourth-order valence-electron chi connectivity index (χ4n) is 3.01. The van der Waals surface area contributed by atoms with E-state index in [4.69, 9.17) is 4.74 Å². The van der Waals surface area contributed by atoms with Crippen LogP contribution in [0, 0.1) is 13.8 Å². The third-order valence-electron chi connectivity index (χ3n) is 4.44. The molecule has 0 N–H and O–H groups in total. The van der Waals surface area contributed by atoms with Crippen molar-refractivity contribution in [2.45, 2.75) is 13.8 Å². The maximum atomic E-state index is 12.3. The van der Waals surface area contributed by atoms with Gasteiger partial charge in [-0.05, 0) is 43.2 Å². The van der Waals surface area contributed by atoms with Crippen LogP contribution in [0.25, 0.3) is 0 Å². The molecule has 1 saturated heterocycles. The van der Waals surface area contributed by atoms with Crippen LogP contribution < -0.4 is 9.64 Å². The minimum Gasteiger partial charge on any atom is -0.484 e. The van der Waals surface area contributed by atoms with E-state index in [1.54, 1.807) is 0 Å². The van der Waals surface area contributed by atoms with Crippen LogP contribution in [-0.4, -0.2) is 43.6 Å². The van der Waals surface area contributed by atoms with Gasteiger partial charge in [0.2, 0.25) is 0 Å². The van der Waals surface area contributed by atoms with Gasteiger partial charge in [0.05, 0.1) is 0 Å². The minimum absolute atomic E-state index is 0.0551. The number of aryl methyl sites for hydroxylation is 2. The van der Waals surface area contributed by atoms with Crippen molar-refractivity contribution >= 4 is 11.6 Å². The van der Waals surface area contributed by atoms with Crippen LogP contribution in [0.15, 0.2) is 48.5 Å². The van der Waals surface area contributed by atoms with Gasteiger partial charge >= 0.3 is 0 Å². The van der Waals surface area contributed by atoms with Gasteiger partial charge in [0.15, 0.2) is 6.61 Å². The van der Waals surface area contributed by atoms with Gasteiger partial charge in [-0.25, -0.2) is 0 Å². The summed E-state index contributed by atoms with van der Waals surface area (Å²) in [4.78, 5) is 16.6. The Morgan fingerprint density at radius 1 is 1.00 bits per heavy atom. The predicted octanol–water partition coefficient (Wildman–Crippen LogP) is 3.03. The van der Waals surface area contributed by atoms with Crippen molar-refractivity contribution in [1.82, 2.24) is 4.90 Å². The Morgan fingerprint density at radius 3 is 2.42 bits per heavy atom. The lowest BCUT2D eigenvalue weighted by molar-refractivity contribution is -0.133. The quantitative estimate of drug-likeness (QED) is 0.867. The first-order valence-corrected chi connectivity index (χ1v) is 8.41. The minimum atomic E-state index is 0.0551. The van der Waals surface area contributed by atoms with Crippen molar-refractivity contribution in [2.24, 2.45) is 0 Å². The number of benzene rings is 2. The monoisotopic (exact) mass is 324 g/mol. The molecule has 0 bridgehead atoms. The van der Waals surface area contributed by atoms with Gasteiger partial charge in [-0.3, -0.25) is 4.79 Å². The summed E-state index contributed by atoms with van der Waals surface area (Å²) >= 11 is 0. The van der Waals surface area contributed by atoms with Crippen LogP contribution in [-0.2, 0) is 4.79 Å². The van der Waals surface area contributed by atoms with E-state index >= 15 is 0 Å². The van der Waals surface area contributed by atoms with Gasteiger partial charge in [0.25, 0.3) is 5.91 Å². The molecule has 1 fully saturated rings. The maximum absolute atomic E-state index is 12.3. The van der Waals surface area contributed by atoms with Gasteiger partial charge in [-0.2, -0.15) is 0 Å². The molecule has 0 spiro atoms. The molecule has 0 unspecified atom stereocenters. The number of amides is 1. The summed E-state index contributed by atoms with van der Waals surface area (Å²) in [5, 5.41) is 0. The van der Waals surface area contributed by atoms with Crippen molar-refractivity contribution < 1.29 is 9.53 Å². The molecular weight excluding hydrogens is 300 g/mol. The molecule has 0 atom stereocenters. The lowest BCUT2D eigenvalue weighted by atomic mass is 10.1. The van der Waals surface area contributed by atoms with E-state index in [1.807, 2.05) is 35.2 Å². The second kappa shape index (κ2) is 7.39. The number of rotatable bonds is 4. The van der Waals surface area contributed by atoms with Gasteiger partial charge in [0, 0.05) is 31.9 Å². The number of para-hydroxylation sites is 1. The first-order chi connectivity index (χ1) is 11.6. The molecule has 2 aromatic rings. The largest absolute Gasteiger partial charge is 0.484 e. The van der Waals surface area contributed by atoms with E-state index in [-0.39, 0.29) is 12.5 Å². The van der Waals surface area contributed by atoms with Crippen molar-refractivity contribution in [3.63, 3.8) is 0 Å². The summed E-state index contributed by atoms with van der Waals surface area (Å²) in [6, 6.07) is 16.0. The van der Waals surface area contributed by atoms with Crippen molar-refractivity contribution in [3.8, 4) is 5.75 Å². The van der Waals surface area contributed by atoms with Crippen LogP contribution in [0.1, 0.15) is 11.1 Å². The topological polar surface area (TPSA) is 32.8 Å². The number of carbonyl (C=O) groups excluding carboxylic acids is 1. The van der Waals surface area contributed by atoms with Crippen LogP contribution in [0.3, 0.4) is 0 Å². The third-order valence-corrected chi connectivity index (χ3v) is 4.44. The Bertz CT molecular complexity index is 692. The van der Waals surface area contributed by atoms with Crippen LogP contribution in [0.4, 0.5) is 5.69 Å². The fourth-order valence-corrected chi connectivity index (χ4v) is 3.01. The average Bonchev–Trinajstić information content (AvgIpc) is 2.63. The number of hydrogen-bond donors (Lipinski definition) is 0. The summed E-state index contributed by atoms with van der Waals surface area (Å²) in [5.41, 5.74) is 3.83. The maximum Gasteiger partial charge on any atom is 0.260 e. The highest BCUT2D eigenvalue weighted by atomic mass is 16.5. The SMILES string of the molecule is Cc1ccc(C)c(N2CCN(C(=O)COc3ccccc3)CC2)c1. The van der Waals surface area contributed by atoms with E-state index < -0.39 is 0 Å². The summed E-state index contributed by atoms with van der Waals surface area (Å²) in [6.45, 7) is 7.56. The summed E-state index contributed by atoms with van der Waals surface area (Å²) in [5.74, 6) is 0.791. The number of carbonyl (C=O) groups is 1. The molecule has 4 heteroatoms. The highest BCUT2D eigenvalue weighted by Gasteiger charge is 2.22. The molecule has 1 aliphatic rings. The van der Waals surface area contributed by atoms with Crippen molar-refractivity contribution in [1.29, 1.82) is 0 Å². The van der Waals surface area contributed by atoms with Crippen molar-refractivity contribution in [3.05, 3.63) is 59.7 Å². The molecule has 4 nitrogen and oxygen atoms in total. The molecule has 2 aromatic carbocycles. The van der Waals surface area contributed by atoms with E-state index in [0.29, 0.717) is 0 Å². The second-order valence-corrected chi connectivity index (χ2v) is 6.26. The van der Waals surface area contributed by atoms with Gasteiger partial charge in [-0.15, -0.1) is 0 Å². The Morgan fingerprint density at radius 2 is 1.71 bits per heavy atom. The molecule has 1 heterocycles. The molecule has 0 saturated carbocycles. The average molecular weight is 324 g/mol. The highest BCUT2D eigenvalue weighted by Crippen LogP contribution is 2.22. The van der Waals surface area contributed by atoms with E-state index in [1.165, 1.54) is 16.8 Å². The Balaban J connectivity index is 1.53. The number of piperazine rings is 1. The second-order valence-electron chi connectivity index (χ2n) is 6.26. The molecule has 0 radical (unpaired) electrons. The number of nitrogens with zero attached hydrogens (tertiary/aromatic N) is 2. The lowest BCUT2D eigenvalue weighted by Crippen LogP contribution is -2.50. The fraction of sp³-hybridized carbons (Fsp3) is 0.350. The molecule has 1 amide bonds. The zero-order chi connectivity index (χ0) is 16.9. The molecule has 126 valence electrons. The third kappa shape index (κ3) is 3.88. The van der Waals surface area contributed by atoms with E-state index in [0.717, 1.165) is 31.9 Å². The van der Waals surface area contributed by atoms with E-state index in [2.05, 4.69) is 36.9 Å². The molecule has 0 aliphatic carbocycles. The normalized spacial score (nSPS) is 14.6. The summed E-state index contributed by atoms with van der Waals surface area (Å²) < 4.78 is 5.56. The predicted molar refractivity (Wildman–Crippen MR) is 96.6 cm³/mol. The Labute approximate surface area is 143 Å². The molecular formula is C20H24N2O2. The highest BCUT2D eigenvalue weighted by molar-refractivity contribution is 5.78. The standard InChI is InChI=1S/C20H24N2O2/c1-16-8-9-17(2)19(14-16)21-10-12-22(13-11-21)20(23)15-24-18-6-4-3-5-7-18/h3-9,14H,10-13,15H2,1-2H3. The summed E-state index contributed by atoms with van der Waals surface area (Å²) in [6.07, 6.45) is 0. The number of hydrogen-bond acceptors (Lipinski definition) is 3. The summed E-state index contributed by atoms with van der Waals surface area (Å²) in [7, 11) is 0. The molecule has 0 aromatic heterocycles. The Hall–Kier alpha value is -2.49. The molecule has 3 rings (SSSR count). The van der Waals surface area contributed by atoms with Crippen molar-refractivity contribution in [2.75, 3.05) is 37.7 Å². The number of ether oxygens (including phenoxy) is 1. The zero-order valence-corrected chi connectivity index (χ0v) is 14.4. The van der Waals surface area contributed by atoms with Gasteiger partial charge in [0.1, 0.15) is 5.75 Å². The van der Waals surface area contributed by atoms with Gasteiger partial charge in [-0.1, -0.05) is 30.3 Å². The Kier molecular flexibility index (Phi) is 5.04. The smallest absolute Gasteiger partial charge is 0.260 e. The van der Waals surface area contributed by atoms with E-state index in [9.17, 15) is 4.79 Å².